The summed E-state index contributed by atoms with van der Waals surface area (Å²) in [5.74, 6) is -1.33. The summed E-state index contributed by atoms with van der Waals surface area (Å²) in [6.45, 7) is 3.74. The molecule has 0 aliphatic rings. The molecular formula is C13H13BrN2O3S. The van der Waals surface area contributed by atoms with Crippen molar-refractivity contribution in [3.05, 3.63) is 43.3 Å². The molecule has 3 N–H and O–H groups in total. The number of aryl methyl sites for hydroxylation is 1. The number of amides is 1. The number of hydrogen-bond donors (Lipinski definition) is 3. The van der Waals surface area contributed by atoms with Crippen LogP contribution in [0.25, 0.3) is 0 Å². The number of hydrogen-bond acceptors (Lipinski definition) is 3. The number of H-pyrrole nitrogens is 1. The average Bonchev–Trinajstić information content (AvgIpc) is 2.91. The molecule has 0 unspecified atom stereocenters. The molecule has 0 spiro atoms. The van der Waals surface area contributed by atoms with Gasteiger partial charge in [0.2, 0.25) is 0 Å². The van der Waals surface area contributed by atoms with E-state index in [9.17, 15) is 9.59 Å². The van der Waals surface area contributed by atoms with Gasteiger partial charge in [-0.3, -0.25) is 4.79 Å². The standard InChI is InChI=1S/C13H13BrN2O3S/c1-6-10(7(2)16-11(6)13(18)19)12(17)15-4-9-3-8(14)5-20-9/h3,5,16H,4H2,1-2H3,(H,15,17)(H,18,19). The molecule has 106 valence electrons. The van der Waals surface area contributed by atoms with Gasteiger partial charge in [0.1, 0.15) is 5.69 Å². The van der Waals surface area contributed by atoms with Gasteiger partial charge in [0.05, 0.1) is 12.1 Å². The molecule has 1 amide bonds. The minimum Gasteiger partial charge on any atom is -0.477 e. The van der Waals surface area contributed by atoms with Gasteiger partial charge in [-0.15, -0.1) is 11.3 Å². The first-order valence-electron chi connectivity index (χ1n) is 5.83. The quantitative estimate of drug-likeness (QED) is 0.787. The third kappa shape index (κ3) is 2.94. The maximum atomic E-state index is 12.2. The molecule has 0 saturated carbocycles. The minimum atomic E-state index is -1.06. The predicted octanol–water partition coefficient (Wildman–Crippen LogP) is 3.08. The molecule has 0 saturated heterocycles. The topological polar surface area (TPSA) is 82.2 Å². The summed E-state index contributed by atoms with van der Waals surface area (Å²) < 4.78 is 0.980. The van der Waals surface area contributed by atoms with Gasteiger partial charge >= 0.3 is 5.97 Å². The third-order valence-electron chi connectivity index (χ3n) is 2.92. The number of carbonyl (C=O) groups is 2. The largest absolute Gasteiger partial charge is 0.477 e. The van der Waals surface area contributed by atoms with Gasteiger partial charge in [-0.05, 0) is 41.4 Å². The second-order valence-corrected chi connectivity index (χ2v) is 6.26. The van der Waals surface area contributed by atoms with Crippen molar-refractivity contribution in [2.75, 3.05) is 0 Å². The van der Waals surface area contributed by atoms with Gasteiger partial charge in [0, 0.05) is 20.4 Å². The Morgan fingerprint density at radius 3 is 2.65 bits per heavy atom. The van der Waals surface area contributed by atoms with Crippen LogP contribution in [0.3, 0.4) is 0 Å². The molecular weight excluding hydrogens is 344 g/mol. The molecule has 0 aromatic carbocycles. The molecule has 2 aromatic heterocycles. The van der Waals surface area contributed by atoms with Crippen molar-refractivity contribution in [3.8, 4) is 0 Å². The fourth-order valence-electron chi connectivity index (χ4n) is 2.01. The highest BCUT2D eigenvalue weighted by atomic mass is 79.9. The summed E-state index contributed by atoms with van der Waals surface area (Å²) in [7, 11) is 0. The van der Waals surface area contributed by atoms with E-state index in [1.54, 1.807) is 25.2 Å². The number of aromatic nitrogens is 1. The zero-order valence-corrected chi connectivity index (χ0v) is 13.3. The molecule has 7 heteroatoms. The minimum absolute atomic E-state index is 0.0616. The van der Waals surface area contributed by atoms with Gasteiger partial charge in [-0.2, -0.15) is 0 Å². The van der Waals surface area contributed by atoms with Crippen molar-refractivity contribution in [1.29, 1.82) is 0 Å². The van der Waals surface area contributed by atoms with Gasteiger partial charge in [-0.25, -0.2) is 4.79 Å². The number of nitrogens with one attached hydrogen (secondary N) is 2. The first-order valence-corrected chi connectivity index (χ1v) is 7.51. The zero-order valence-electron chi connectivity index (χ0n) is 10.9. The lowest BCUT2D eigenvalue weighted by Gasteiger charge is -2.04. The number of thiophene rings is 1. The van der Waals surface area contributed by atoms with Crippen LogP contribution in [0.4, 0.5) is 0 Å². The highest BCUT2D eigenvalue weighted by Crippen LogP contribution is 2.21. The number of carboxylic acid groups (broad SMARTS) is 1. The zero-order chi connectivity index (χ0) is 14.9. The van der Waals surface area contributed by atoms with Crippen LogP contribution >= 0.6 is 27.3 Å². The molecule has 5 nitrogen and oxygen atoms in total. The van der Waals surface area contributed by atoms with Crippen LogP contribution < -0.4 is 5.32 Å². The molecule has 0 fully saturated rings. The summed E-state index contributed by atoms with van der Waals surface area (Å²) in [5.41, 5.74) is 1.48. The Morgan fingerprint density at radius 1 is 1.45 bits per heavy atom. The van der Waals surface area contributed by atoms with Crippen molar-refractivity contribution in [2.45, 2.75) is 20.4 Å². The molecule has 2 heterocycles. The number of aromatic carboxylic acids is 1. The number of carbonyl (C=O) groups excluding carboxylic acids is 1. The first kappa shape index (κ1) is 14.8. The molecule has 2 aromatic rings. The number of carboxylic acids is 1. The number of rotatable bonds is 4. The van der Waals surface area contributed by atoms with E-state index in [1.807, 2.05) is 11.4 Å². The summed E-state index contributed by atoms with van der Waals surface area (Å²) >= 11 is 4.90. The van der Waals surface area contributed by atoms with Crippen molar-refractivity contribution in [1.82, 2.24) is 10.3 Å². The molecule has 0 atom stereocenters. The predicted molar refractivity (Wildman–Crippen MR) is 80.4 cm³/mol. The molecule has 20 heavy (non-hydrogen) atoms. The Balaban J connectivity index is 2.15. The van der Waals surface area contributed by atoms with Gasteiger partial charge < -0.3 is 15.4 Å². The smallest absolute Gasteiger partial charge is 0.352 e. The lowest BCUT2D eigenvalue weighted by molar-refractivity contribution is 0.0690. The molecule has 0 aliphatic heterocycles. The molecule has 2 rings (SSSR count). The SMILES string of the molecule is Cc1[nH]c(C(=O)O)c(C)c1C(=O)NCc1cc(Br)cs1. The van der Waals surface area contributed by atoms with E-state index in [1.165, 1.54) is 0 Å². The highest BCUT2D eigenvalue weighted by Gasteiger charge is 2.21. The van der Waals surface area contributed by atoms with Crippen molar-refractivity contribution >= 4 is 39.1 Å². The second kappa shape index (κ2) is 5.80. The number of aromatic amines is 1. The van der Waals surface area contributed by atoms with Crippen LogP contribution in [0.5, 0.6) is 0 Å². The molecule has 0 aliphatic carbocycles. The van der Waals surface area contributed by atoms with Crippen LogP contribution in [0.1, 0.15) is 37.0 Å². The Hall–Kier alpha value is -1.60. The highest BCUT2D eigenvalue weighted by molar-refractivity contribution is 9.10. The maximum Gasteiger partial charge on any atom is 0.352 e. The fraction of sp³-hybridized carbons (Fsp3) is 0.231. The summed E-state index contributed by atoms with van der Waals surface area (Å²) in [4.78, 5) is 26.9. The van der Waals surface area contributed by atoms with E-state index < -0.39 is 5.97 Å². The van der Waals surface area contributed by atoms with E-state index in [2.05, 4.69) is 26.2 Å². The second-order valence-electron chi connectivity index (χ2n) is 4.34. The van der Waals surface area contributed by atoms with E-state index in [0.717, 1.165) is 9.35 Å². The fourth-order valence-corrected chi connectivity index (χ4v) is 3.40. The summed E-state index contributed by atoms with van der Waals surface area (Å²) in [6.07, 6.45) is 0. The Bertz CT molecular complexity index is 675. The van der Waals surface area contributed by atoms with Crippen LogP contribution in [0, 0.1) is 13.8 Å². The summed E-state index contributed by atoms with van der Waals surface area (Å²) in [6, 6.07) is 1.93. The van der Waals surface area contributed by atoms with E-state index in [-0.39, 0.29) is 11.6 Å². The Kier molecular flexibility index (Phi) is 4.29. The van der Waals surface area contributed by atoms with Crippen LogP contribution in [-0.4, -0.2) is 22.0 Å². The number of halogens is 1. The van der Waals surface area contributed by atoms with Crippen molar-refractivity contribution < 1.29 is 14.7 Å². The average molecular weight is 357 g/mol. The summed E-state index contributed by atoms with van der Waals surface area (Å²) in [5, 5.41) is 13.8. The van der Waals surface area contributed by atoms with E-state index in [0.29, 0.717) is 23.4 Å². The van der Waals surface area contributed by atoms with Crippen LogP contribution in [-0.2, 0) is 6.54 Å². The third-order valence-corrected chi connectivity index (χ3v) is 4.62. The van der Waals surface area contributed by atoms with E-state index in [4.69, 9.17) is 5.11 Å². The molecule has 0 radical (unpaired) electrons. The van der Waals surface area contributed by atoms with Crippen LogP contribution in [0.15, 0.2) is 15.9 Å². The monoisotopic (exact) mass is 356 g/mol. The van der Waals surface area contributed by atoms with Gasteiger partial charge in [0.15, 0.2) is 0 Å². The Labute approximate surface area is 128 Å². The van der Waals surface area contributed by atoms with Crippen molar-refractivity contribution in [2.24, 2.45) is 0 Å². The maximum absolute atomic E-state index is 12.2. The van der Waals surface area contributed by atoms with Gasteiger partial charge in [0.25, 0.3) is 5.91 Å². The van der Waals surface area contributed by atoms with Crippen LogP contribution in [0.2, 0.25) is 0 Å². The van der Waals surface area contributed by atoms with Crippen molar-refractivity contribution in [3.63, 3.8) is 0 Å². The first-order chi connectivity index (χ1) is 9.40. The van der Waals surface area contributed by atoms with Gasteiger partial charge in [-0.1, -0.05) is 0 Å². The normalized spacial score (nSPS) is 10.6. The van der Waals surface area contributed by atoms with E-state index >= 15 is 0 Å². The lowest BCUT2D eigenvalue weighted by atomic mass is 10.1. The Morgan fingerprint density at radius 2 is 2.15 bits per heavy atom. The molecule has 0 bridgehead atoms. The lowest BCUT2D eigenvalue weighted by Crippen LogP contribution is -2.23.